The zero-order chi connectivity index (χ0) is 49.1. The van der Waals surface area contributed by atoms with Crippen LogP contribution in [0.4, 0.5) is 0 Å². The Balaban J connectivity index is 1.07. The number of ether oxygens (including phenoxy) is 6. The van der Waals surface area contributed by atoms with E-state index in [2.05, 4.69) is 18.8 Å². The van der Waals surface area contributed by atoms with E-state index in [0.717, 1.165) is 30.4 Å². The van der Waals surface area contributed by atoms with Crippen LogP contribution in [-0.2, 0) is 44.4 Å². The zero-order valence-electron chi connectivity index (χ0n) is 39.1. The van der Waals surface area contributed by atoms with Crippen molar-refractivity contribution in [2.24, 2.45) is 34.0 Å². The molecule has 0 aromatic heterocycles. The molecule has 68 heavy (non-hydrogen) atoms. The van der Waals surface area contributed by atoms with Gasteiger partial charge in [-0.05, 0) is 91.6 Å². The Morgan fingerprint density at radius 1 is 0.735 bits per heavy atom. The highest BCUT2D eigenvalue weighted by atomic mass is 16.8. The van der Waals surface area contributed by atoms with E-state index < -0.39 is 141 Å². The van der Waals surface area contributed by atoms with Gasteiger partial charge in [0.1, 0.15) is 61.5 Å². The maximum Gasteiger partial charge on any atom is 0.226 e. The van der Waals surface area contributed by atoms with Gasteiger partial charge in [-0.25, -0.2) is 0 Å². The Morgan fingerprint density at radius 3 is 2.00 bits per heavy atom. The molecule has 3 aliphatic heterocycles. The molecule has 22 atom stereocenters. The number of hydrogen-bond donors (Lipinski definition) is 11. The van der Waals surface area contributed by atoms with E-state index in [1.165, 1.54) is 0 Å². The second-order valence-electron chi connectivity index (χ2n) is 21.4. The highest BCUT2D eigenvalue weighted by Crippen LogP contribution is 2.73. The largest absolute Gasteiger partial charge is 0.394 e. The molecule has 2 bridgehead atoms. The molecule has 11 N–H and O–H groups in total. The minimum atomic E-state index is -1.90. The topological polar surface area (TPSA) is 304 Å². The molecule has 7 aliphatic rings. The first-order valence-corrected chi connectivity index (χ1v) is 24.3. The molecule has 382 valence electrons. The fourth-order valence-electron chi connectivity index (χ4n) is 13.9. The van der Waals surface area contributed by atoms with Gasteiger partial charge in [-0.1, -0.05) is 64.1 Å². The van der Waals surface area contributed by atoms with Crippen molar-refractivity contribution in [2.45, 2.75) is 183 Å². The molecule has 3 heterocycles. The van der Waals surface area contributed by atoms with E-state index in [0.29, 0.717) is 38.5 Å². The first kappa shape index (κ1) is 51.8. The van der Waals surface area contributed by atoms with Gasteiger partial charge < -0.3 is 84.8 Å². The molecule has 19 heteroatoms. The number of fused-ring (bicyclic) bond motifs is 3. The number of nitrogens with one attached hydrogen (secondary N) is 1. The van der Waals surface area contributed by atoms with Crippen molar-refractivity contribution in [3.8, 4) is 0 Å². The molecule has 1 aromatic rings. The van der Waals surface area contributed by atoms with Crippen molar-refractivity contribution in [3.05, 3.63) is 48.0 Å². The summed E-state index contributed by atoms with van der Waals surface area (Å²) in [6, 6.07) is 8.50. The fourth-order valence-corrected chi connectivity index (χ4v) is 13.9. The Bertz CT molecular complexity index is 1940. The third-order valence-corrected chi connectivity index (χ3v) is 17.6. The van der Waals surface area contributed by atoms with Gasteiger partial charge in [0.25, 0.3) is 0 Å². The van der Waals surface area contributed by atoms with Gasteiger partial charge >= 0.3 is 0 Å². The highest BCUT2D eigenvalue weighted by Gasteiger charge is 2.69. The van der Waals surface area contributed by atoms with Crippen LogP contribution < -0.4 is 5.32 Å². The molecule has 1 aromatic carbocycles. The third kappa shape index (κ3) is 9.04. The Labute approximate surface area is 396 Å². The lowest BCUT2D eigenvalue weighted by molar-refractivity contribution is -0.398. The molecule has 19 nitrogen and oxygen atoms in total. The molecule has 3 saturated heterocycles. The van der Waals surface area contributed by atoms with Crippen LogP contribution in [0.5, 0.6) is 0 Å². The molecule has 4 saturated carbocycles. The zero-order valence-corrected chi connectivity index (χ0v) is 39.1. The van der Waals surface area contributed by atoms with E-state index in [-0.39, 0.29) is 35.0 Å². The summed E-state index contributed by atoms with van der Waals surface area (Å²) >= 11 is 0. The number of benzene rings is 1. The number of aliphatic hydroxyl groups excluding tert-OH is 10. The maximum absolute atomic E-state index is 14.6. The summed E-state index contributed by atoms with van der Waals surface area (Å²) in [6.07, 6.45) is -16.1. The van der Waals surface area contributed by atoms with Crippen molar-refractivity contribution < 1.29 is 89.1 Å². The summed E-state index contributed by atoms with van der Waals surface area (Å²) in [5.74, 6) is -1.27. The monoisotopic (exact) mass is 963 g/mol. The number of carbonyl (C=O) groups excluding carboxylic acids is 2. The molecule has 7 fully saturated rings. The van der Waals surface area contributed by atoms with Crippen LogP contribution in [-0.4, -0.2) is 187 Å². The van der Waals surface area contributed by atoms with Gasteiger partial charge in [0.05, 0.1) is 43.7 Å². The Hall–Kier alpha value is -2.54. The van der Waals surface area contributed by atoms with E-state index in [1.807, 2.05) is 37.3 Å². The van der Waals surface area contributed by atoms with Crippen LogP contribution in [0.1, 0.15) is 84.1 Å². The van der Waals surface area contributed by atoms with Gasteiger partial charge in [0.15, 0.2) is 24.7 Å². The smallest absolute Gasteiger partial charge is 0.226 e. The molecule has 1 amide bonds. The van der Waals surface area contributed by atoms with Crippen LogP contribution in [0.15, 0.2) is 42.5 Å². The van der Waals surface area contributed by atoms with Crippen molar-refractivity contribution >= 4 is 11.7 Å². The van der Waals surface area contributed by atoms with E-state index in [4.69, 9.17) is 28.4 Å². The van der Waals surface area contributed by atoms with Gasteiger partial charge in [-0.3, -0.25) is 9.59 Å². The van der Waals surface area contributed by atoms with Crippen LogP contribution in [0.2, 0.25) is 0 Å². The first-order valence-electron chi connectivity index (χ1n) is 24.3. The van der Waals surface area contributed by atoms with Crippen LogP contribution in [0.25, 0.3) is 0 Å². The van der Waals surface area contributed by atoms with E-state index in [9.17, 15) is 60.7 Å². The predicted octanol–water partition coefficient (Wildman–Crippen LogP) is -0.893. The van der Waals surface area contributed by atoms with Crippen molar-refractivity contribution in [3.63, 3.8) is 0 Å². The molecule has 8 rings (SSSR count). The fraction of sp³-hybridized carbons (Fsp3) is 0.796. The Kier molecular flexibility index (Phi) is 15.4. The molecular formula is C49H73NO18. The van der Waals surface area contributed by atoms with Crippen molar-refractivity contribution in [2.75, 3.05) is 26.4 Å². The first-order chi connectivity index (χ1) is 32.3. The third-order valence-electron chi connectivity index (χ3n) is 17.6. The molecule has 1 spiro atoms. The Morgan fingerprint density at radius 2 is 1.34 bits per heavy atom. The van der Waals surface area contributed by atoms with E-state index >= 15 is 0 Å². The lowest BCUT2D eigenvalue weighted by Crippen LogP contribution is -2.67. The maximum atomic E-state index is 14.6. The van der Waals surface area contributed by atoms with Gasteiger partial charge in [0.2, 0.25) is 5.91 Å². The number of rotatable bonds is 15. The number of ketones is 1. The SMILES string of the molecule is C=C1C[C@@]23CC[C@H]4[C@@](C)(CCC[C@@]4(C)C(=O)N[C@H](Cc4ccccc4)C(=O)CO)[C@@H]2CC[C@]1(O[C@@H]1O[C@H](CO)[C@@H](O)[C@H](O[C@@H]2O[C@H](CO)[C@@H](C)[C@H](O)[C@H]2O)[C@H]1O[C@@H]1O[C@H](CO)[C@@H](O)[C@H](O)[C@H]1O)C3. The lowest BCUT2D eigenvalue weighted by Gasteiger charge is -2.64. The highest BCUT2D eigenvalue weighted by molar-refractivity contribution is 5.92. The summed E-state index contributed by atoms with van der Waals surface area (Å²) < 4.78 is 37.6. The quantitative estimate of drug-likeness (QED) is 0.0751. The average Bonchev–Trinajstić information content (AvgIpc) is 3.52. The van der Waals surface area contributed by atoms with Crippen molar-refractivity contribution in [1.82, 2.24) is 5.32 Å². The standard InChI is InChI=1S/C49H73NO18/c1-24-18-48-15-11-32-46(3,13-8-14-47(32,4)45(62)50-27(28(55)19-51)17-26-9-6-5-7-10-26)33(48)12-16-49(24,23-48)68-44-41(67-43-39(61)37(59)35(57)30(21-53)64-43)40(36(58)31(22-54)65-44)66-42-38(60)34(56)25(2)29(20-52)63-42/h5-7,9-10,25,27,29-44,51-54,56-61H,1,8,11-23H2,2-4H3,(H,50,62)/t25-,27-,29-,30-,31-,32+,33+,34+,35-,36-,37+,38-,39-,40+,41-,42+,43+,44+,46-,47-,48-,49+/m1/s1. The van der Waals surface area contributed by atoms with Gasteiger partial charge in [-0.2, -0.15) is 0 Å². The normalized spacial score (nSPS) is 47.4. The average molecular weight is 964 g/mol. The minimum Gasteiger partial charge on any atom is -0.394 e. The number of carbonyl (C=O) groups is 2. The minimum absolute atomic E-state index is 0.0322. The summed E-state index contributed by atoms with van der Waals surface area (Å²) in [5.41, 5.74) is -0.845. The summed E-state index contributed by atoms with van der Waals surface area (Å²) in [7, 11) is 0. The summed E-state index contributed by atoms with van der Waals surface area (Å²) in [4.78, 5) is 27.6. The van der Waals surface area contributed by atoms with Crippen LogP contribution in [0, 0.1) is 34.0 Å². The van der Waals surface area contributed by atoms with Gasteiger partial charge in [-0.15, -0.1) is 0 Å². The number of aliphatic hydroxyl groups is 10. The van der Waals surface area contributed by atoms with Crippen LogP contribution in [0.3, 0.4) is 0 Å². The molecule has 0 radical (unpaired) electrons. The van der Waals surface area contributed by atoms with Gasteiger partial charge in [0, 0.05) is 11.3 Å². The number of Topliss-reactive ketones (excluding diaryl/α,β-unsaturated/α-hetero) is 1. The van der Waals surface area contributed by atoms with Crippen LogP contribution >= 0.6 is 0 Å². The second kappa shape index (κ2) is 20.2. The van der Waals surface area contributed by atoms with Crippen molar-refractivity contribution in [1.29, 1.82) is 0 Å². The predicted molar refractivity (Wildman–Crippen MR) is 236 cm³/mol. The number of amides is 1. The van der Waals surface area contributed by atoms with E-state index in [1.54, 1.807) is 6.92 Å². The molecule has 0 unspecified atom stereocenters. The second-order valence-corrected chi connectivity index (χ2v) is 21.4. The summed E-state index contributed by atoms with van der Waals surface area (Å²) in [5, 5.41) is 110. The lowest BCUT2D eigenvalue weighted by atomic mass is 9.40. The molecule has 4 aliphatic carbocycles. The number of hydrogen-bond acceptors (Lipinski definition) is 18. The molecular weight excluding hydrogens is 891 g/mol. The summed E-state index contributed by atoms with van der Waals surface area (Å²) in [6.45, 7) is 7.69.